The first-order valence-electron chi connectivity index (χ1n) is 14.1. The van der Waals surface area contributed by atoms with Crippen LogP contribution in [0.5, 0.6) is 0 Å². The van der Waals surface area contributed by atoms with Crippen molar-refractivity contribution in [1.29, 1.82) is 0 Å². The molecular weight excluding hydrogens is 452 g/mol. The van der Waals surface area contributed by atoms with Gasteiger partial charge < -0.3 is 16.2 Å². The van der Waals surface area contributed by atoms with Crippen LogP contribution in [0.3, 0.4) is 0 Å². The zero-order valence-electron chi connectivity index (χ0n) is 22.6. The van der Waals surface area contributed by atoms with Gasteiger partial charge >= 0.3 is 0 Å². The minimum Gasteiger partial charge on any atom is -0.393 e. The molecule has 0 aromatic carbocycles. The fourth-order valence-electron chi connectivity index (χ4n) is 7.02. The molecule has 3 aliphatic carbocycles. The van der Waals surface area contributed by atoms with Crippen LogP contribution in [0.4, 0.5) is 0 Å². The molecule has 0 aromatic heterocycles. The summed E-state index contributed by atoms with van der Waals surface area (Å²) in [5.41, 5.74) is 7.38. The lowest BCUT2D eigenvalue weighted by Crippen LogP contribution is -2.49. The molecule has 7 atom stereocenters. The molecule has 0 saturated heterocycles. The van der Waals surface area contributed by atoms with Gasteiger partial charge in [0.2, 0.25) is 11.9 Å². The molecule has 2 fully saturated rings. The molecule has 1 aliphatic heterocycles. The van der Waals surface area contributed by atoms with Crippen molar-refractivity contribution < 1.29 is 14.7 Å². The number of hydrogen-bond donors (Lipinski definition) is 3. The van der Waals surface area contributed by atoms with Gasteiger partial charge in [-0.25, -0.2) is 9.98 Å². The number of aliphatic hydroxyl groups is 1. The third kappa shape index (κ3) is 6.84. The highest BCUT2D eigenvalue weighted by Gasteiger charge is 2.42. The van der Waals surface area contributed by atoms with Gasteiger partial charge in [-0.05, 0) is 96.5 Å². The van der Waals surface area contributed by atoms with E-state index in [9.17, 15) is 14.7 Å². The molecule has 0 spiro atoms. The average Bonchev–Trinajstić information content (AvgIpc) is 3.10. The second-order valence-electron chi connectivity index (χ2n) is 12.9. The minimum absolute atomic E-state index is 0.0339. The van der Waals surface area contributed by atoms with Crippen molar-refractivity contribution in [2.45, 2.75) is 116 Å². The zero-order valence-corrected chi connectivity index (χ0v) is 22.6. The number of nitrogens with one attached hydrogen (secondary N) is 1. The summed E-state index contributed by atoms with van der Waals surface area (Å²) in [6.45, 7) is 8.05. The highest BCUT2D eigenvalue weighted by Crippen LogP contribution is 2.47. The van der Waals surface area contributed by atoms with Crippen LogP contribution >= 0.6 is 0 Å². The molecule has 2 saturated carbocycles. The van der Waals surface area contributed by atoms with Crippen LogP contribution in [-0.4, -0.2) is 46.2 Å². The third-order valence-corrected chi connectivity index (χ3v) is 8.79. The van der Waals surface area contributed by atoms with E-state index in [1.165, 1.54) is 25.7 Å². The Bertz CT molecular complexity index is 931. The van der Waals surface area contributed by atoms with E-state index in [-0.39, 0.29) is 41.0 Å². The van der Waals surface area contributed by atoms with Gasteiger partial charge in [0, 0.05) is 23.1 Å². The molecule has 7 heteroatoms. The molecule has 7 nitrogen and oxygen atoms in total. The number of aliphatic hydroxyl groups excluding tert-OH is 1. The molecule has 1 heterocycles. The number of fused-ring (bicyclic) bond motifs is 1. The predicted molar refractivity (Wildman–Crippen MR) is 144 cm³/mol. The summed E-state index contributed by atoms with van der Waals surface area (Å²) in [6, 6.07) is -0.0484. The van der Waals surface area contributed by atoms with E-state index in [0.29, 0.717) is 37.1 Å². The number of amides is 1. The molecule has 0 bridgehead atoms. The Kier molecular flexibility index (Phi) is 8.38. The van der Waals surface area contributed by atoms with Crippen LogP contribution in [0.1, 0.15) is 98.3 Å². The van der Waals surface area contributed by atoms with Gasteiger partial charge in [-0.1, -0.05) is 31.3 Å². The molecule has 4 aliphatic rings. The number of hydrogen-bond acceptors (Lipinski definition) is 6. The Morgan fingerprint density at radius 1 is 1.19 bits per heavy atom. The van der Waals surface area contributed by atoms with Crippen LogP contribution < -0.4 is 11.1 Å². The number of rotatable bonds is 7. The summed E-state index contributed by atoms with van der Waals surface area (Å²) in [5, 5.41) is 14.3. The van der Waals surface area contributed by atoms with Gasteiger partial charge in [0.25, 0.3) is 0 Å². The van der Waals surface area contributed by atoms with Crippen LogP contribution in [0.15, 0.2) is 21.6 Å². The summed E-state index contributed by atoms with van der Waals surface area (Å²) in [5.74, 6) is 1.98. The molecule has 200 valence electrons. The number of nitrogens with two attached hydrogens (primary N) is 1. The predicted octanol–water partition coefficient (Wildman–Crippen LogP) is 4.33. The normalized spacial score (nSPS) is 33.8. The second-order valence-corrected chi connectivity index (χ2v) is 12.9. The fourth-order valence-corrected chi connectivity index (χ4v) is 7.02. The maximum Gasteiger partial charge on any atom is 0.223 e. The summed E-state index contributed by atoms with van der Waals surface area (Å²) in [4.78, 5) is 34.6. The molecule has 4 rings (SSSR count). The van der Waals surface area contributed by atoms with E-state index in [0.717, 1.165) is 37.0 Å². The first kappa shape index (κ1) is 27.0. The molecule has 0 radical (unpaired) electrons. The standard InChI is InChI=1S/C29H46N4O3/c1-17-25(32-28(30)31-17)16-21-10-9-18(12-26(21)35)11-23(34)14-22-13-19-7-5-6-8-20(19)15-24(22)27(36)33-29(2,3)4/h12,17,19-24,34H,5-11,13-16H2,1-4H3,(H2,30,31)(H,33,36)/t17?,19?,20?,21?,22?,23?,24-/m1/s1. The van der Waals surface area contributed by atoms with Gasteiger partial charge in [0.1, 0.15) is 0 Å². The highest BCUT2D eigenvalue weighted by molar-refractivity contribution is 6.06. The number of ketones is 1. The lowest BCUT2D eigenvalue weighted by atomic mass is 9.62. The van der Waals surface area contributed by atoms with E-state index in [4.69, 9.17) is 5.73 Å². The minimum atomic E-state index is -0.525. The molecule has 6 unspecified atom stereocenters. The maximum absolute atomic E-state index is 13.3. The van der Waals surface area contributed by atoms with Crippen LogP contribution in [0, 0.1) is 29.6 Å². The summed E-state index contributed by atoms with van der Waals surface area (Å²) >= 11 is 0. The van der Waals surface area contributed by atoms with Gasteiger partial charge in [0.05, 0.1) is 12.1 Å². The lowest BCUT2D eigenvalue weighted by Gasteiger charge is -2.44. The smallest absolute Gasteiger partial charge is 0.223 e. The van der Waals surface area contributed by atoms with Gasteiger partial charge in [-0.2, -0.15) is 0 Å². The van der Waals surface area contributed by atoms with Gasteiger partial charge in [0.15, 0.2) is 5.78 Å². The summed E-state index contributed by atoms with van der Waals surface area (Å²) < 4.78 is 0. The number of nitrogens with zero attached hydrogens (tertiary/aromatic N) is 2. The van der Waals surface area contributed by atoms with E-state index >= 15 is 0 Å². The first-order valence-corrected chi connectivity index (χ1v) is 14.1. The molecule has 36 heavy (non-hydrogen) atoms. The van der Waals surface area contributed by atoms with Crippen molar-refractivity contribution in [3.05, 3.63) is 11.6 Å². The van der Waals surface area contributed by atoms with Crippen molar-refractivity contribution in [3.63, 3.8) is 0 Å². The Morgan fingerprint density at radius 2 is 1.89 bits per heavy atom. The van der Waals surface area contributed by atoms with E-state index < -0.39 is 6.10 Å². The molecular formula is C29H46N4O3. The van der Waals surface area contributed by atoms with Gasteiger partial charge in [-0.15, -0.1) is 0 Å². The van der Waals surface area contributed by atoms with Gasteiger partial charge in [-0.3, -0.25) is 9.59 Å². The molecule has 1 amide bonds. The number of guanidine groups is 1. The Labute approximate surface area is 216 Å². The van der Waals surface area contributed by atoms with Crippen LogP contribution in [0.25, 0.3) is 0 Å². The quantitative estimate of drug-likeness (QED) is 0.484. The second kappa shape index (κ2) is 11.2. The number of allylic oxidation sites excluding steroid dienone is 1. The summed E-state index contributed by atoms with van der Waals surface area (Å²) in [7, 11) is 0. The van der Waals surface area contributed by atoms with Crippen molar-refractivity contribution >= 4 is 23.4 Å². The Balaban J connectivity index is 1.35. The molecule has 0 aromatic rings. The SMILES string of the molecule is CC1N=C(N)N=C1CC1CCC(CC(O)CC2CC3CCCCC3C[C@H]2C(=O)NC(C)(C)C)=CC1=O. The fraction of sp³-hybridized carbons (Fsp3) is 0.793. The number of carbonyl (C=O) groups is 2. The van der Waals surface area contributed by atoms with Crippen LogP contribution in [0.2, 0.25) is 0 Å². The van der Waals surface area contributed by atoms with Crippen molar-refractivity contribution in [1.82, 2.24) is 5.32 Å². The van der Waals surface area contributed by atoms with Crippen molar-refractivity contribution in [3.8, 4) is 0 Å². The average molecular weight is 499 g/mol. The topological polar surface area (TPSA) is 117 Å². The number of carbonyl (C=O) groups excluding carboxylic acids is 2. The lowest BCUT2D eigenvalue weighted by molar-refractivity contribution is -0.132. The summed E-state index contributed by atoms with van der Waals surface area (Å²) in [6.07, 6.45) is 11.6. The third-order valence-electron chi connectivity index (χ3n) is 8.79. The van der Waals surface area contributed by atoms with Crippen molar-refractivity contribution in [2.75, 3.05) is 0 Å². The Morgan fingerprint density at radius 3 is 2.50 bits per heavy atom. The number of aliphatic imine (C=N–C) groups is 2. The zero-order chi connectivity index (χ0) is 26.0. The van der Waals surface area contributed by atoms with E-state index in [2.05, 4.69) is 15.3 Å². The Hall–Kier alpha value is -2.02. The van der Waals surface area contributed by atoms with Crippen molar-refractivity contribution in [2.24, 2.45) is 45.3 Å². The maximum atomic E-state index is 13.3. The van der Waals surface area contributed by atoms with E-state index in [1.54, 1.807) is 6.08 Å². The van der Waals surface area contributed by atoms with E-state index in [1.807, 2.05) is 27.7 Å². The molecule has 4 N–H and O–H groups in total. The van der Waals surface area contributed by atoms with Crippen LogP contribution in [-0.2, 0) is 9.59 Å². The monoisotopic (exact) mass is 498 g/mol. The first-order chi connectivity index (χ1) is 17.0. The largest absolute Gasteiger partial charge is 0.393 e. The highest BCUT2D eigenvalue weighted by atomic mass is 16.3.